The van der Waals surface area contributed by atoms with Gasteiger partial charge in [0, 0.05) is 7.11 Å². The molecule has 0 atom stereocenters. The minimum absolute atomic E-state index is 0.0830. The van der Waals surface area contributed by atoms with E-state index in [4.69, 9.17) is 15.7 Å². The molecule has 0 unspecified atom stereocenters. The second-order valence-electron chi connectivity index (χ2n) is 6.00. The molecular formula is C14H27N3O3. The lowest BCUT2D eigenvalue weighted by Gasteiger charge is -2.37. The molecule has 0 saturated heterocycles. The van der Waals surface area contributed by atoms with Crippen LogP contribution in [0.15, 0.2) is 5.16 Å². The molecule has 1 amide bonds. The Morgan fingerprint density at radius 2 is 1.75 bits per heavy atom. The van der Waals surface area contributed by atoms with Crippen LogP contribution in [0.3, 0.4) is 0 Å². The van der Waals surface area contributed by atoms with Gasteiger partial charge >= 0.3 is 0 Å². The van der Waals surface area contributed by atoms with E-state index in [0.29, 0.717) is 12.8 Å². The third kappa shape index (κ3) is 3.85. The fourth-order valence-corrected chi connectivity index (χ4v) is 2.51. The molecule has 0 aliphatic heterocycles. The highest BCUT2D eigenvalue weighted by atomic mass is 16.5. The van der Waals surface area contributed by atoms with E-state index in [1.807, 2.05) is 0 Å². The van der Waals surface area contributed by atoms with Gasteiger partial charge < -0.3 is 21.0 Å². The van der Waals surface area contributed by atoms with Crippen molar-refractivity contribution in [3.63, 3.8) is 0 Å². The highest BCUT2D eigenvalue weighted by molar-refractivity contribution is 5.95. The zero-order valence-corrected chi connectivity index (χ0v) is 12.7. The van der Waals surface area contributed by atoms with E-state index in [-0.39, 0.29) is 11.7 Å². The average molecular weight is 285 g/mol. The first-order valence-electron chi connectivity index (χ1n) is 7.24. The molecule has 1 fully saturated rings. The third-order valence-electron chi connectivity index (χ3n) is 4.22. The number of amides is 1. The molecule has 1 aliphatic carbocycles. The Kier molecular flexibility index (Phi) is 5.80. The number of carbonyl (C=O) groups excluding carboxylic acids is 1. The van der Waals surface area contributed by atoms with Gasteiger partial charge in [-0.2, -0.15) is 0 Å². The zero-order valence-electron chi connectivity index (χ0n) is 12.7. The Morgan fingerprint density at radius 1 is 1.25 bits per heavy atom. The topological polar surface area (TPSA) is 96.9 Å². The largest absolute Gasteiger partial charge is 0.409 e. The Labute approximate surface area is 120 Å². The first-order valence-corrected chi connectivity index (χ1v) is 7.24. The molecule has 0 aromatic heterocycles. The Morgan fingerprint density at radius 3 is 2.20 bits per heavy atom. The maximum absolute atomic E-state index is 12.4. The van der Waals surface area contributed by atoms with Crippen LogP contribution >= 0.6 is 0 Å². The van der Waals surface area contributed by atoms with Crippen molar-refractivity contribution in [1.82, 2.24) is 5.32 Å². The van der Waals surface area contributed by atoms with Crippen molar-refractivity contribution in [2.45, 2.75) is 69.9 Å². The Hall–Kier alpha value is -1.30. The molecule has 116 valence electrons. The highest BCUT2D eigenvalue weighted by Crippen LogP contribution is 2.27. The van der Waals surface area contributed by atoms with E-state index in [1.165, 1.54) is 13.5 Å². The van der Waals surface area contributed by atoms with Crippen LogP contribution in [-0.4, -0.2) is 35.2 Å². The second kappa shape index (κ2) is 6.92. The molecule has 1 aliphatic rings. The van der Waals surface area contributed by atoms with Crippen LogP contribution in [0.5, 0.6) is 0 Å². The summed E-state index contributed by atoms with van der Waals surface area (Å²) in [4.78, 5) is 12.4. The Bertz CT molecular complexity index is 359. The van der Waals surface area contributed by atoms with Crippen LogP contribution in [0, 0.1) is 0 Å². The molecule has 0 spiro atoms. The second-order valence-corrected chi connectivity index (χ2v) is 6.00. The van der Waals surface area contributed by atoms with Gasteiger partial charge in [-0.3, -0.25) is 4.79 Å². The lowest BCUT2D eigenvalue weighted by molar-refractivity contribution is -0.141. The van der Waals surface area contributed by atoms with E-state index < -0.39 is 11.1 Å². The molecule has 6 heteroatoms. The van der Waals surface area contributed by atoms with Crippen molar-refractivity contribution < 1.29 is 14.7 Å². The van der Waals surface area contributed by atoms with E-state index in [2.05, 4.69) is 10.5 Å². The van der Waals surface area contributed by atoms with Crippen LogP contribution in [-0.2, 0) is 9.53 Å². The number of hydrogen-bond donors (Lipinski definition) is 3. The van der Waals surface area contributed by atoms with Gasteiger partial charge in [0.1, 0.15) is 11.1 Å². The van der Waals surface area contributed by atoms with E-state index in [0.717, 1.165) is 25.7 Å². The van der Waals surface area contributed by atoms with Gasteiger partial charge in [0.2, 0.25) is 0 Å². The van der Waals surface area contributed by atoms with Crippen molar-refractivity contribution in [3.8, 4) is 0 Å². The summed E-state index contributed by atoms with van der Waals surface area (Å²) < 4.78 is 5.20. The van der Waals surface area contributed by atoms with Gasteiger partial charge in [0.25, 0.3) is 5.91 Å². The van der Waals surface area contributed by atoms with Crippen LogP contribution in [0.2, 0.25) is 0 Å². The summed E-state index contributed by atoms with van der Waals surface area (Å²) >= 11 is 0. The van der Waals surface area contributed by atoms with Gasteiger partial charge in [0.15, 0.2) is 5.84 Å². The van der Waals surface area contributed by atoms with Crippen molar-refractivity contribution in [2.75, 3.05) is 7.11 Å². The van der Waals surface area contributed by atoms with E-state index >= 15 is 0 Å². The summed E-state index contributed by atoms with van der Waals surface area (Å²) in [6.45, 7) is 3.40. The lowest BCUT2D eigenvalue weighted by Crippen LogP contribution is -2.61. The quantitative estimate of drug-likeness (QED) is 0.317. The van der Waals surface area contributed by atoms with E-state index in [1.54, 1.807) is 13.8 Å². The SMILES string of the molecule is COC(C)(C)C(=O)NC1(C(N)=NO)CCCCCCC1. The first kappa shape index (κ1) is 16.8. The predicted molar refractivity (Wildman–Crippen MR) is 77.7 cm³/mol. The summed E-state index contributed by atoms with van der Waals surface area (Å²) in [6.07, 6.45) is 6.68. The number of amidine groups is 1. The lowest BCUT2D eigenvalue weighted by atomic mass is 9.82. The number of rotatable bonds is 4. The van der Waals surface area contributed by atoms with Crippen LogP contribution in [0.1, 0.15) is 58.8 Å². The molecule has 1 rings (SSSR count). The van der Waals surface area contributed by atoms with Gasteiger partial charge in [-0.05, 0) is 26.7 Å². The maximum Gasteiger partial charge on any atom is 0.252 e. The fourth-order valence-electron chi connectivity index (χ4n) is 2.51. The zero-order chi connectivity index (χ0) is 15.2. The van der Waals surface area contributed by atoms with Gasteiger partial charge in [-0.15, -0.1) is 0 Å². The normalized spacial score (nSPS) is 20.9. The Balaban J connectivity index is 2.96. The molecule has 1 saturated carbocycles. The first-order chi connectivity index (χ1) is 9.38. The highest BCUT2D eigenvalue weighted by Gasteiger charge is 2.40. The molecular weight excluding hydrogens is 258 g/mol. The molecule has 0 bridgehead atoms. The van der Waals surface area contributed by atoms with Crippen LogP contribution in [0.4, 0.5) is 0 Å². The fraction of sp³-hybridized carbons (Fsp3) is 0.857. The third-order valence-corrected chi connectivity index (χ3v) is 4.22. The minimum Gasteiger partial charge on any atom is -0.409 e. The summed E-state index contributed by atoms with van der Waals surface area (Å²) in [7, 11) is 1.49. The number of methoxy groups -OCH3 is 1. The van der Waals surface area contributed by atoms with E-state index in [9.17, 15) is 4.79 Å². The molecule has 0 heterocycles. The molecule has 6 nitrogen and oxygen atoms in total. The number of carbonyl (C=O) groups is 1. The van der Waals surface area contributed by atoms with Gasteiger partial charge in [0.05, 0.1) is 0 Å². The van der Waals surface area contributed by atoms with Crippen molar-refractivity contribution >= 4 is 11.7 Å². The number of oxime groups is 1. The predicted octanol–water partition coefficient (Wildman–Crippen LogP) is 1.76. The summed E-state index contributed by atoms with van der Waals surface area (Å²) in [5, 5.41) is 15.2. The van der Waals surface area contributed by atoms with Crippen LogP contribution < -0.4 is 11.1 Å². The van der Waals surface area contributed by atoms with Crippen molar-refractivity contribution in [3.05, 3.63) is 0 Å². The summed E-state index contributed by atoms with van der Waals surface area (Å²) in [5.41, 5.74) is 4.18. The average Bonchev–Trinajstić information content (AvgIpc) is 2.40. The monoisotopic (exact) mass is 285 g/mol. The number of hydrogen-bond acceptors (Lipinski definition) is 4. The summed E-state index contributed by atoms with van der Waals surface area (Å²) in [5.74, 6) is -0.160. The number of ether oxygens (including phenoxy) is 1. The van der Waals surface area contributed by atoms with Crippen LogP contribution in [0.25, 0.3) is 0 Å². The molecule has 20 heavy (non-hydrogen) atoms. The molecule has 0 aromatic carbocycles. The van der Waals surface area contributed by atoms with Crippen molar-refractivity contribution in [1.29, 1.82) is 0 Å². The summed E-state index contributed by atoms with van der Waals surface area (Å²) in [6, 6.07) is 0. The maximum atomic E-state index is 12.4. The standard InChI is InChI=1S/C14H27N3O3/c1-13(2,20-3)12(18)16-14(11(15)17-19)9-7-5-4-6-8-10-14/h19H,4-10H2,1-3H3,(H2,15,17)(H,16,18). The number of nitrogens with one attached hydrogen (secondary N) is 1. The molecule has 0 aromatic rings. The smallest absolute Gasteiger partial charge is 0.252 e. The molecule has 0 radical (unpaired) electrons. The van der Waals surface area contributed by atoms with Gasteiger partial charge in [-0.1, -0.05) is 37.3 Å². The molecule has 4 N–H and O–H groups in total. The minimum atomic E-state index is -0.939. The van der Waals surface area contributed by atoms with Crippen molar-refractivity contribution in [2.24, 2.45) is 10.9 Å². The number of nitrogens with two attached hydrogens (primary N) is 1. The number of nitrogens with zero attached hydrogens (tertiary/aromatic N) is 1. The van der Waals surface area contributed by atoms with Gasteiger partial charge in [-0.25, -0.2) is 0 Å².